The summed E-state index contributed by atoms with van der Waals surface area (Å²) >= 11 is 7.11. The van der Waals surface area contributed by atoms with E-state index in [0.29, 0.717) is 15.6 Å². The Morgan fingerprint density at radius 1 is 1.39 bits per heavy atom. The molecule has 0 unspecified atom stereocenters. The monoisotopic (exact) mass is 348 g/mol. The van der Waals surface area contributed by atoms with Gasteiger partial charge in [0.25, 0.3) is 5.91 Å². The zero-order valence-corrected chi connectivity index (χ0v) is 14.0. The van der Waals surface area contributed by atoms with Gasteiger partial charge in [0.2, 0.25) is 0 Å². The van der Waals surface area contributed by atoms with E-state index in [9.17, 15) is 9.59 Å². The second-order valence-electron chi connectivity index (χ2n) is 4.73. The van der Waals surface area contributed by atoms with Gasteiger partial charge in [-0.15, -0.1) is 11.3 Å². The Morgan fingerprint density at radius 3 is 2.78 bits per heavy atom. The lowest BCUT2D eigenvalue weighted by molar-refractivity contribution is -0.119. The van der Waals surface area contributed by atoms with Crippen LogP contribution in [0.15, 0.2) is 24.3 Å². The van der Waals surface area contributed by atoms with Crippen LogP contribution in [0.2, 0.25) is 5.02 Å². The zero-order chi connectivity index (χ0) is 17.0. The molecule has 0 bridgehead atoms. The molecule has 1 aromatic heterocycles. The fraction of sp³-hybridized carbons (Fsp3) is 0.188. The Labute approximate surface area is 142 Å². The highest BCUT2D eigenvalue weighted by molar-refractivity contribution is 7.16. The molecule has 5 nitrogen and oxygen atoms in total. The van der Waals surface area contributed by atoms with Crippen LogP contribution in [0.25, 0.3) is 0 Å². The molecule has 0 aliphatic carbocycles. The molecule has 2 aromatic rings. The Morgan fingerprint density at radius 2 is 2.13 bits per heavy atom. The largest absolute Gasteiger partial charge is 0.452 e. The average molecular weight is 349 g/mol. The second kappa shape index (κ2) is 7.27. The highest BCUT2D eigenvalue weighted by Gasteiger charge is 2.16. The van der Waals surface area contributed by atoms with Crippen LogP contribution in [-0.4, -0.2) is 18.5 Å². The van der Waals surface area contributed by atoms with E-state index in [2.05, 4.69) is 11.4 Å². The van der Waals surface area contributed by atoms with Crippen molar-refractivity contribution < 1.29 is 14.3 Å². The van der Waals surface area contributed by atoms with Crippen LogP contribution in [0.5, 0.6) is 0 Å². The second-order valence-corrected chi connectivity index (χ2v) is 6.40. The molecule has 0 atom stereocenters. The molecule has 7 heteroatoms. The first-order valence-corrected chi connectivity index (χ1v) is 7.84. The summed E-state index contributed by atoms with van der Waals surface area (Å²) in [5.41, 5.74) is 1.54. The van der Waals surface area contributed by atoms with E-state index < -0.39 is 18.5 Å². The number of carbonyl (C=O) groups excluding carboxylic acids is 2. The Bertz CT molecular complexity index is 808. The van der Waals surface area contributed by atoms with Gasteiger partial charge < -0.3 is 10.1 Å². The highest BCUT2D eigenvalue weighted by Crippen LogP contribution is 2.31. The van der Waals surface area contributed by atoms with Crippen molar-refractivity contribution in [2.75, 3.05) is 11.9 Å². The molecule has 2 rings (SSSR count). The van der Waals surface area contributed by atoms with E-state index in [0.717, 1.165) is 10.4 Å². The van der Waals surface area contributed by atoms with Crippen LogP contribution >= 0.6 is 22.9 Å². The third kappa shape index (κ3) is 4.09. The van der Waals surface area contributed by atoms with Crippen molar-refractivity contribution in [2.24, 2.45) is 0 Å². The number of carbonyl (C=O) groups is 2. The van der Waals surface area contributed by atoms with Gasteiger partial charge in [-0.25, -0.2) is 4.79 Å². The first-order chi connectivity index (χ1) is 10.9. The van der Waals surface area contributed by atoms with Crippen LogP contribution in [0.1, 0.15) is 26.4 Å². The van der Waals surface area contributed by atoms with Gasteiger partial charge in [0.1, 0.15) is 11.1 Å². The maximum atomic E-state index is 11.9. The SMILES string of the molecule is Cc1sc(NC(=O)COC(=O)c2cccc(Cl)c2)c(C#N)c1C. The lowest BCUT2D eigenvalue weighted by atomic mass is 10.2. The number of nitriles is 1. The van der Waals surface area contributed by atoms with Crippen LogP contribution in [0.4, 0.5) is 5.00 Å². The Balaban J connectivity index is 1.97. The van der Waals surface area contributed by atoms with Gasteiger partial charge >= 0.3 is 5.97 Å². The maximum Gasteiger partial charge on any atom is 0.338 e. The van der Waals surface area contributed by atoms with Crippen molar-refractivity contribution in [3.8, 4) is 6.07 Å². The van der Waals surface area contributed by atoms with Crippen molar-refractivity contribution in [3.63, 3.8) is 0 Å². The maximum absolute atomic E-state index is 11.9. The van der Waals surface area contributed by atoms with Gasteiger partial charge in [-0.1, -0.05) is 17.7 Å². The summed E-state index contributed by atoms with van der Waals surface area (Å²) in [6.45, 7) is 3.25. The molecule has 0 radical (unpaired) electrons. The number of halogens is 1. The number of nitrogens with one attached hydrogen (secondary N) is 1. The summed E-state index contributed by atoms with van der Waals surface area (Å²) in [6.07, 6.45) is 0. The summed E-state index contributed by atoms with van der Waals surface area (Å²) in [5, 5.41) is 12.6. The quantitative estimate of drug-likeness (QED) is 0.855. The molecule has 1 N–H and O–H groups in total. The molecule has 0 saturated carbocycles. The number of nitrogens with zero attached hydrogens (tertiary/aromatic N) is 1. The first-order valence-electron chi connectivity index (χ1n) is 6.65. The topological polar surface area (TPSA) is 79.2 Å². The lowest BCUT2D eigenvalue weighted by Crippen LogP contribution is -2.20. The smallest absolute Gasteiger partial charge is 0.338 e. The molecular formula is C16H13ClN2O3S. The molecule has 1 aromatic carbocycles. The Kier molecular flexibility index (Phi) is 5.37. The Hall–Kier alpha value is -2.36. The minimum absolute atomic E-state index is 0.269. The standard InChI is InChI=1S/C16H13ClN2O3S/c1-9-10(2)23-15(13(9)7-18)19-14(20)8-22-16(21)11-4-3-5-12(17)6-11/h3-6H,8H2,1-2H3,(H,19,20). The van der Waals surface area contributed by atoms with Gasteiger partial charge in [0.15, 0.2) is 6.61 Å². The molecule has 1 amide bonds. The third-order valence-electron chi connectivity index (χ3n) is 3.14. The fourth-order valence-electron chi connectivity index (χ4n) is 1.84. The summed E-state index contributed by atoms with van der Waals surface area (Å²) in [7, 11) is 0. The molecule has 0 saturated heterocycles. The average Bonchev–Trinajstić information content (AvgIpc) is 2.78. The minimum Gasteiger partial charge on any atom is -0.452 e. The van der Waals surface area contributed by atoms with Gasteiger partial charge in [-0.2, -0.15) is 5.26 Å². The normalized spacial score (nSPS) is 10.0. The van der Waals surface area contributed by atoms with Crippen LogP contribution in [0.3, 0.4) is 0 Å². The molecular weight excluding hydrogens is 336 g/mol. The fourth-order valence-corrected chi connectivity index (χ4v) is 3.06. The number of amides is 1. The molecule has 0 aliphatic heterocycles. The number of benzene rings is 1. The van der Waals surface area contributed by atoms with E-state index in [1.807, 2.05) is 13.8 Å². The number of anilines is 1. The van der Waals surface area contributed by atoms with E-state index >= 15 is 0 Å². The number of hydrogen-bond acceptors (Lipinski definition) is 5. The van der Waals surface area contributed by atoms with E-state index in [4.69, 9.17) is 21.6 Å². The van der Waals surface area contributed by atoms with Gasteiger partial charge in [0, 0.05) is 9.90 Å². The molecule has 23 heavy (non-hydrogen) atoms. The van der Waals surface area contributed by atoms with Crippen LogP contribution < -0.4 is 5.32 Å². The van der Waals surface area contributed by atoms with Crippen molar-refractivity contribution in [2.45, 2.75) is 13.8 Å². The molecule has 1 heterocycles. The van der Waals surface area contributed by atoms with Crippen molar-refractivity contribution in [1.29, 1.82) is 5.26 Å². The van der Waals surface area contributed by atoms with Crippen molar-refractivity contribution in [1.82, 2.24) is 0 Å². The minimum atomic E-state index is -0.637. The highest BCUT2D eigenvalue weighted by atomic mass is 35.5. The van der Waals surface area contributed by atoms with Crippen LogP contribution in [-0.2, 0) is 9.53 Å². The molecule has 0 fully saturated rings. The number of hydrogen-bond donors (Lipinski definition) is 1. The lowest BCUT2D eigenvalue weighted by Gasteiger charge is -2.06. The van der Waals surface area contributed by atoms with Crippen LogP contribution in [0, 0.1) is 25.2 Å². The van der Waals surface area contributed by atoms with E-state index in [1.165, 1.54) is 17.4 Å². The molecule has 0 aliphatic rings. The first kappa shape index (κ1) is 17.0. The number of esters is 1. The predicted molar refractivity (Wildman–Crippen MR) is 88.9 cm³/mol. The zero-order valence-electron chi connectivity index (χ0n) is 12.5. The summed E-state index contributed by atoms with van der Waals surface area (Å²) in [6, 6.07) is 8.32. The predicted octanol–water partition coefficient (Wildman–Crippen LogP) is 3.69. The number of ether oxygens (including phenoxy) is 1. The third-order valence-corrected chi connectivity index (χ3v) is 4.50. The summed E-state index contributed by atoms with van der Waals surface area (Å²) < 4.78 is 4.94. The van der Waals surface area contributed by atoms with Crippen molar-refractivity contribution >= 4 is 39.8 Å². The summed E-state index contributed by atoms with van der Waals surface area (Å²) in [5.74, 6) is -1.14. The number of aryl methyl sites for hydroxylation is 1. The van der Waals surface area contributed by atoms with Gasteiger partial charge in [-0.05, 0) is 37.6 Å². The summed E-state index contributed by atoms with van der Waals surface area (Å²) in [4.78, 5) is 24.7. The molecule has 118 valence electrons. The van der Waals surface area contributed by atoms with Gasteiger partial charge in [0.05, 0.1) is 11.1 Å². The van der Waals surface area contributed by atoms with E-state index in [-0.39, 0.29) is 5.56 Å². The number of rotatable bonds is 4. The number of thiophene rings is 1. The van der Waals surface area contributed by atoms with E-state index in [1.54, 1.807) is 18.2 Å². The van der Waals surface area contributed by atoms with Crippen molar-refractivity contribution in [3.05, 3.63) is 50.9 Å². The van der Waals surface area contributed by atoms with Gasteiger partial charge in [-0.3, -0.25) is 4.79 Å². The molecule has 0 spiro atoms.